The van der Waals surface area contributed by atoms with Gasteiger partial charge in [-0.05, 0) is 48.9 Å². The number of carbonyl (C=O) groups is 1. The number of halogens is 1. The Kier molecular flexibility index (Phi) is 5.29. The molecule has 0 aliphatic heterocycles. The highest BCUT2D eigenvalue weighted by molar-refractivity contribution is 6.30. The number of aryl methyl sites for hydroxylation is 1. The van der Waals surface area contributed by atoms with Crippen LogP contribution in [-0.2, 0) is 0 Å². The van der Waals surface area contributed by atoms with Gasteiger partial charge in [-0.15, -0.1) is 0 Å². The van der Waals surface area contributed by atoms with Crippen molar-refractivity contribution in [1.29, 1.82) is 0 Å². The Morgan fingerprint density at radius 3 is 2.47 bits per heavy atom. The number of ether oxygens (including phenoxy) is 2. The largest absolute Gasteiger partial charge is 0.493 e. The van der Waals surface area contributed by atoms with Crippen LogP contribution in [0.2, 0.25) is 5.02 Å². The van der Waals surface area contributed by atoms with Crippen LogP contribution in [0, 0.1) is 6.92 Å². The smallest absolute Gasteiger partial charge is 0.259 e. The van der Waals surface area contributed by atoms with Crippen LogP contribution in [0.25, 0.3) is 16.8 Å². The minimum Gasteiger partial charge on any atom is -0.493 e. The molecule has 30 heavy (non-hydrogen) atoms. The molecule has 0 radical (unpaired) electrons. The van der Waals surface area contributed by atoms with Crippen molar-refractivity contribution in [1.82, 2.24) is 14.6 Å². The molecule has 4 rings (SSSR count). The lowest BCUT2D eigenvalue weighted by molar-refractivity contribution is 0.102. The molecule has 2 aromatic carbocycles. The van der Waals surface area contributed by atoms with E-state index in [0.29, 0.717) is 39.1 Å². The molecule has 0 saturated heterocycles. The number of anilines is 1. The quantitative estimate of drug-likeness (QED) is 0.507. The second-order valence-corrected chi connectivity index (χ2v) is 7.02. The van der Waals surface area contributed by atoms with Gasteiger partial charge in [-0.2, -0.15) is 5.10 Å². The number of nitrogens with zero attached hydrogens (tertiary/aromatic N) is 3. The van der Waals surface area contributed by atoms with Crippen LogP contribution in [0.4, 0.5) is 5.69 Å². The van der Waals surface area contributed by atoms with E-state index in [0.717, 1.165) is 11.1 Å². The molecule has 7 nitrogen and oxygen atoms in total. The molecule has 0 fully saturated rings. The maximum absolute atomic E-state index is 12.7. The van der Waals surface area contributed by atoms with Crippen molar-refractivity contribution >= 4 is 28.8 Å². The fraction of sp³-hybridized carbons (Fsp3) is 0.136. The van der Waals surface area contributed by atoms with E-state index in [-0.39, 0.29) is 5.91 Å². The standard InChI is InChI=1S/C22H19ClN4O3/c1-13-17(22(28)26-16-7-5-15(23)6-8-16)11-24-21-18(12-25-27(13)21)14-4-9-19(29-2)20(10-14)30-3/h4-12H,1-3H3,(H,26,28). The third-order valence-electron chi connectivity index (χ3n) is 4.81. The number of fused-ring (bicyclic) bond motifs is 1. The molecule has 2 heterocycles. The highest BCUT2D eigenvalue weighted by Crippen LogP contribution is 2.33. The highest BCUT2D eigenvalue weighted by Gasteiger charge is 2.17. The Labute approximate surface area is 178 Å². The third kappa shape index (κ3) is 3.55. The zero-order valence-electron chi connectivity index (χ0n) is 16.6. The van der Waals surface area contributed by atoms with E-state index in [1.54, 1.807) is 55.4 Å². The highest BCUT2D eigenvalue weighted by atomic mass is 35.5. The number of amides is 1. The van der Waals surface area contributed by atoms with Gasteiger partial charge in [-0.25, -0.2) is 9.50 Å². The Morgan fingerprint density at radius 2 is 1.77 bits per heavy atom. The number of nitrogens with one attached hydrogen (secondary N) is 1. The molecule has 2 aromatic heterocycles. The van der Waals surface area contributed by atoms with Crippen LogP contribution in [0.1, 0.15) is 16.1 Å². The van der Waals surface area contributed by atoms with Gasteiger partial charge >= 0.3 is 0 Å². The van der Waals surface area contributed by atoms with Crippen LogP contribution in [-0.4, -0.2) is 34.7 Å². The van der Waals surface area contributed by atoms with Gasteiger partial charge in [0.25, 0.3) is 5.91 Å². The lowest BCUT2D eigenvalue weighted by Crippen LogP contribution is -2.16. The molecule has 0 bridgehead atoms. The van der Waals surface area contributed by atoms with Crippen molar-refractivity contribution in [2.75, 3.05) is 19.5 Å². The van der Waals surface area contributed by atoms with Gasteiger partial charge in [0, 0.05) is 22.5 Å². The summed E-state index contributed by atoms with van der Waals surface area (Å²) in [5, 5.41) is 7.89. The third-order valence-corrected chi connectivity index (χ3v) is 5.06. The van der Waals surface area contributed by atoms with Crippen molar-refractivity contribution in [3.8, 4) is 22.6 Å². The first-order valence-corrected chi connectivity index (χ1v) is 9.52. The average Bonchev–Trinajstić information content (AvgIpc) is 3.20. The molecule has 1 amide bonds. The van der Waals surface area contributed by atoms with Crippen molar-refractivity contribution in [2.45, 2.75) is 6.92 Å². The van der Waals surface area contributed by atoms with E-state index in [9.17, 15) is 4.79 Å². The molecule has 1 N–H and O–H groups in total. The number of methoxy groups -OCH3 is 2. The molecule has 0 aliphatic carbocycles. The van der Waals surface area contributed by atoms with Crippen LogP contribution in [0.15, 0.2) is 54.9 Å². The summed E-state index contributed by atoms with van der Waals surface area (Å²) in [6, 6.07) is 12.5. The van der Waals surface area contributed by atoms with Gasteiger partial charge < -0.3 is 14.8 Å². The SMILES string of the molecule is COc1ccc(-c2cnn3c(C)c(C(=O)Nc4ccc(Cl)cc4)cnc23)cc1OC. The molecule has 0 saturated carbocycles. The molecule has 152 valence electrons. The summed E-state index contributed by atoms with van der Waals surface area (Å²) in [7, 11) is 3.18. The summed E-state index contributed by atoms with van der Waals surface area (Å²) in [5.74, 6) is 0.987. The second kappa shape index (κ2) is 8.04. The molecule has 0 spiro atoms. The predicted molar refractivity (Wildman–Crippen MR) is 116 cm³/mol. The van der Waals surface area contributed by atoms with Crippen molar-refractivity contribution in [3.05, 3.63) is 71.1 Å². The van der Waals surface area contributed by atoms with Crippen LogP contribution < -0.4 is 14.8 Å². The Hall–Kier alpha value is -3.58. The molecule has 0 unspecified atom stereocenters. The zero-order chi connectivity index (χ0) is 21.3. The summed E-state index contributed by atoms with van der Waals surface area (Å²) >= 11 is 5.90. The minimum absolute atomic E-state index is 0.271. The lowest BCUT2D eigenvalue weighted by Gasteiger charge is -2.10. The first kappa shape index (κ1) is 19.7. The number of rotatable bonds is 5. The molecular formula is C22H19ClN4O3. The fourth-order valence-electron chi connectivity index (χ4n) is 3.21. The van der Waals surface area contributed by atoms with Gasteiger partial charge in [0.2, 0.25) is 0 Å². The van der Waals surface area contributed by atoms with Crippen molar-refractivity contribution in [2.24, 2.45) is 0 Å². The molecule has 8 heteroatoms. The summed E-state index contributed by atoms with van der Waals surface area (Å²) in [4.78, 5) is 17.2. The van der Waals surface area contributed by atoms with E-state index >= 15 is 0 Å². The van der Waals surface area contributed by atoms with Crippen LogP contribution >= 0.6 is 11.6 Å². The van der Waals surface area contributed by atoms with E-state index in [4.69, 9.17) is 21.1 Å². The number of benzene rings is 2. The summed E-state index contributed by atoms with van der Waals surface area (Å²) in [5.41, 5.74) is 4.10. The average molecular weight is 423 g/mol. The zero-order valence-corrected chi connectivity index (χ0v) is 17.4. The molecule has 0 atom stereocenters. The Balaban J connectivity index is 1.69. The first-order chi connectivity index (χ1) is 14.5. The van der Waals surface area contributed by atoms with E-state index in [1.165, 1.54) is 0 Å². The maximum atomic E-state index is 12.7. The van der Waals surface area contributed by atoms with Crippen LogP contribution in [0.5, 0.6) is 11.5 Å². The maximum Gasteiger partial charge on any atom is 0.259 e. The number of carbonyl (C=O) groups excluding carboxylic acids is 1. The summed E-state index contributed by atoms with van der Waals surface area (Å²) < 4.78 is 12.3. The van der Waals surface area contributed by atoms with Gasteiger partial charge in [-0.3, -0.25) is 4.79 Å². The van der Waals surface area contributed by atoms with Gasteiger partial charge in [0.05, 0.1) is 31.7 Å². The topological polar surface area (TPSA) is 77.8 Å². The number of hydrogen-bond donors (Lipinski definition) is 1. The van der Waals surface area contributed by atoms with Gasteiger partial charge in [-0.1, -0.05) is 17.7 Å². The molecular weight excluding hydrogens is 404 g/mol. The van der Waals surface area contributed by atoms with E-state index in [2.05, 4.69) is 15.4 Å². The predicted octanol–water partition coefficient (Wildman–Crippen LogP) is 4.63. The summed E-state index contributed by atoms with van der Waals surface area (Å²) in [6.45, 7) is 1.83. The van der Waals surface area contributed by atoms with Gasteiger partial charge in [0.15, 0.2) is 17.1 Å². The minimum atomic E-state index is -0.271. The van der Waals surface area contributed by atoms with E-state index in [1.807, 2.05) is 25.1 Å². The normalized spacial score (nSPS) is 10.8. The second-order valence-electron chi connectivity index (χ2n) is 6.58. The molecule has 0 aliphatic rings. The Bertz CT molecular complexity index is 1240. The monoisotopic (exact) mass is 422 g/mol. The van der Waals surface area contributed by atoms with Crippen molar-refractivity contribution in [3.63, 3.8) is 0 Å². The first-order valence-electron chi connectivity index (χ1n) is 9.14. The van der Waals surface area contributed by atoms with Gasteiger partial charge in [0.1, 0.15) is 0 Å². The van der Waals surface area contributed by atoms with Crippen molar-refractivity contribution < 1.29 is 14.3 Å². The number of hydrogen-bond acceptors (Lipinski definition) is 5. The lowest BCUT2D eigenvalue weighted by atomic mass is 10.1. The summed E-state index contributed by atoms with van der Waals surface area (Å²) in [6.07, 6.45) is 3.28. The Morgan fingerprint density at radius 1 is 1.03 bits per heavy atom. The van der Waals surface area contributed by atoms with Crippen LogP contribution in [0.3, 0.4) is 0 Å². The number of aromatic nitrogens is 3. The fourth-order valence-corrected chi connectivity index (χ4v) is 3.33. The van der Waals surface area contributed by atoms with E-state index < -0.39 is 0 Å². The molecule has 4 aromatic rings.